The fourth-order valence-corrected chi connectivity index (χ4v) is 2.19. The molecule has 9 heteroatoms. The number of benzene rings is 2. The molecule has 2 N–H and O–H groups in total. The topological polar surface area (TPSA) is 111 Å². The van der Waals surface area contributed by atoms with E-state index in [-0.39, 0.29) is 23.0 Å². The smallest absolute Gasteiger partial charge is 0.338 e. The molecule has 0 radical (unpaired) electrons. The maximum Gasteiger partial charge on any atom is 0.338 e. The number of anilines is 1. The summed E-state index contributed by atoms with van der Waals surface area (Å²) in [7, 11) is 0. The van der Waals surface area contributed by atoms with Crippen molar-refractivity contribution in [3.8, 4) is 0 Å². The second-order valence-electron chi connectivity index (χ2n) is 5.01. The number of rotatable bonds is 5. The lowest BCUT2D eigenvalue weighted by atomic mass is 10.2. The minimum absolute atomic E-state index is 0.0530. The van der Waals surface area contributed by atoms with Crippen molar-refractivity contribution < 1.29 is 19.2 Å². The van der Waals surface area contributed by atoms with Crippen LogP contribution in [-0.2, 0) is 4.74 Å². The Labute approximate surface area is 154 Å². The first-order valence-corrected chi connectivity index (χ1v) is 7.95. The van der Waals surface area contributed by atoms with Gasteiger partial charge in [-0.1, -0.05) is 0 Å². The van der Waals surface area contributed by atoms with Crippen LogP contribution in [0.3, 0.4) is 0 Å². The third-order valence-corrected chi connectivity index (χ3v) is 3.43. The zero-order chi connectivity index (χ0) is 19.1. The predicted molar refractivity (Wildman–Crippen MR) is 99.2 cm³/mol. The number of carbonyl (C=O) groups excluding carboxylic acids is 2. The van der Waals surface area contributed by atoms with E-state index in [0.29, 0.717) is 11.3 Å². The molecule has 0 unspecified atom stereocenters. The lowest BCUT2D eigenvalue weighted by molar-refractivity contribution is -0.384. The Bertz CT molecular complexity index is 834. The Hall–Kier alpha value is -3.33. The van der Waals surface area contributed by atoms with Gasteiger partial charge in [-0.15, -0.1) is 0 Å². The number of nitrogens with one attached hydrogen (secondary N) is 2. The third kappa shape index (κ3) is 5.08. The van der Waals surface area contributed by atoms with Gasteiger partial charge in [0.25, 0.3) is 11.6 Å². The number of nitro groups is 1. The van der Waals surface area contributed by atoms with Gasteiger partial charge in [-0.3, -0.25) is 20.2 Å². The van der Waals surface area contributed by atoms with E-state index in [1.807, 2.05) is 0 Å². The molecule has 2 aromatic rings. The first-order valence-electron chi connectivity index (χ1n) is 7.54. The zero-order valence-corrected chi connectivity index (χ0v) is 14.5. The maximum absolute atomic E-state index is 12.1. The average molecular weight is 373 g/mol. The second kappa shape index (κ2) is 8.67. The van der Waals surface area contributed by atoms with E-state index in [1.165, 1.54) is 24.3 Å². The van der Waals surface area contributed by atoms with E-state index >= 15 is 0 Å². The highest BCUT2D eigenvalue weighted by atomic mass is 32.1. The summed E-state index contributed by atoms with van der Waals surface area (Å²) in [5, 5.41) is 15.9. The number of nitro benzene ring substituents is 1. The highest BCUT2D eigenvalue weighted by Gasteiger charge is 2.11. The zero-order valence-electron chi connectivity index (χ0n) is 13.7. The Balaban J connectivity index is 1.94. The number of hydrogen-bond donors (Lipinski definition) is 2. The number of thiocarbonyl (C=S) groups is 1. The summed E-state index contributed by atoms with van der Waals surface area (Å²) in [5.74, 6) is -0.923. The van der Waals surface area contributed by atoms with Crippen molar-refractivity contribution in [2.45, 2.75) is 6.92 Å². The molecule has 0 saturated heterocycles. The third-order valence-electron chi connectivity index (χ3n) is 3.22. The van der Waals surface area contributed by atoms with E-state index in [0.717, 1.165) is 0 Å². The molecular weight excluding hydrogens is 358 g/mol. The molecule has 2 aromatic carbocycles. The predicted octanol–water partition coefficient (Wildman–Crippen LogP) is 2.90. The van der Waals surface area contributed by atoms with Crippen LogP contribution < -0.4 is 10.6 Å². The second-order valence-corrected chi connectivity index (χ2v) is 5.42. The number of non-ortho nitro benzene ring substituents is 1. The summed E-state index contributed by atoms with van der Waals surface area (Å²) in [4.78, 5) is 33.7. The molecule has 0 heterocycles. The van der Waals surface area contributed by atoms with E-state index in [2.05, 4.69) is 10.6 Å². The lowest BCUT2D eigenvalue weighted by Gasteiger charge is -2.10. The SMILES string of the molecule is CCOC(=O)c1ccc(NC(=S)NC(=O)c2ccc([N+](=O)[O-])cc2)cc1. The van der Waals surface area contributed by atoms with Gasteiger partial charge in [-0.2, -0.15) is 0 Å². The number of amides is 1. The van der Waals surface area contributed by atoms with Crippen LogP contribution in [-0.4, -0.2) is 28.5 Å². The van der Waals surface area contributed by atoms with Crippen LogP contribution in [0.1, 0.15) is 27.6 Å². The van der Waals surface area contributed by atoms with Crippen molar-refractivity contribution >= 4 is 40.6 Å². The Morgan fingerprint density at radius 1 is 1.08 bits per heavy atom. The lowest BCUT2D eigenvalue weighted by Crippen LogP contribution is -2.34. The van der Waals surface area contributed by atoms with Crippen LogP contribution in [0.5, 0.6) is 0 Å². The molecule has 0 aromatic heterocycles. The number of hydrogen-bond acceptors (Lipinski definition) is 6. The molecule has 2 rings (SSSR count). The van der Waals surface area contributed by atoms with Gasteiger partial charge >= 0.3 is 5.97 Å². The standard InChI is InChI=1S/C17H15N3O5S/c1-2-25-16(22)12-3-7-13(8-4-12)18-17(26)19-15(21)11-5-9-14(10-6-11)20(23)24/h3-10H,2H2,1H3,(H2,18,19,21,26). The summed E-state index contributed by atoms with van der Waals surface area (Å²) in [6.07, 6.45) is 0. The average Bonchev–Trinajstić information content (AvgIpc) is 2.62. The van der Waals surface area contributed by atoms with Gasteiger partial charge in [0.1, 0.15) is 0 Å². The molecule has 0 saturated carbocycles. The minimum Gasteiger partial charge on any atom is -0.462 e. The van der Waals surface area contributed by atoms with Crippen molar-refractivity contribution in [3.63, 3.8) is 0 Å². The number of carbonyl (C=O) groups is 2. The first kappa shape index (κ1) is 19.0. The summed E-state index contributed by atoms with van der Waals surface area (Å²) >= 11 is 5.06. The normalized spacial score (nSPS) is 9.88. The van der Waals surface area contributed by atoms with Crippen molar-refractivity contribution in [1.82, 2.24) is 5.32 Å². The molecule has 0 atom stereocenters. The molecule has 0 aliphatic carbocycles. The van der Waals surface area contributed by atoms with Crippen molar-refractivity contribution in [2.75, 3.05) is 11.9 Å². The summed E-state index contributed by atoms with van der Waals surface area (Å²) in [6.45, 7) is 2.01. The highest BCUT2D eigenvalue weighted by molar-refractivity contribution is 7.80. The molecule has 1 amide bonds. The van der Waals surface area contributed by atoms with E-state index < -0.39 is 16.8 Å². The van der Waals surface area contributed by atoms with Crippen LogP contribution in [0.2, 0.25) is 0 Å². The first-order chi connectivity index (χ1) is 12.4. The molecular formula is C17H15N3O5S. The number of esters is 1. The van der Waals surface area contributed by atoms with E-state index in [1.54, 1.807) is 31.2 Å². The van der Waals surface area contributed by atoms with Crippen LogP contribution >= 0.6 is 12.2 Å². The van der Waals surface area contributed by atoms with Crippen molar-refractivity contribution in [1.29, 1.82) is 0 Å². The van der Waals surface area contributed by atoms with Gasteiger partial charge in [-0.05, 0) is 55.5 Å². The van der Waals surface area contributed by atoms with Crippen LogP contribution in [0.15, 0.2) is 48.5 Å². The maximum atomic E-state index is 12.1. The van der Waals surface area contributed by atoms with Gasteiger partial charge in [0.05, 0.1) is 17.1 Å². The molecule has 134 valence electrons. The van der Waals surface area contributed by atoms with E-state index in [9.17, 15) is 19.7 Å². The summed E-state index contributed by atoms with van der Waals surface area (Å²) < 4.78 is 4.89. The van der Waals surface area contributed by atoms with Crippen LogP contribution in [0.4, 0.5) is 11.4 Å². The van der Waals surface area contributed by atoms with E-state index in [4.69, 9.17) is 17.0 Å². The van der Waals surface area contributed by atoms with Gasteiger partial charge < -0.3 is 10.1 Å². The number of nitrogens with zero attached hydrogens (tertiary/aromatic N) is 1. The summed E-state index contributed by atoms with van der Waals surface area (Å²) in [6, 6.07) is 11.5. The molecule has 0 bridgehead atoms. The minimum atomic E-state index is -0.548. The van der Waals surface area contributed by atoms with Crippen molar-refractivity contribution in [2.24, 2.45) is 0 Å². The van der Waals surface area contributed by atoms with Gasteiger partial charge in [0.2, 0.25) is 0 Å². The van der Waals surface area contributed by atoms with Crippen LogP contribution in [0.25, 0.3) is 0 Å². The highest BCUT2D eigenvalue weighted by Crippen LogP contribution is 2.13. The largest absolute Gasteiger partial charge is 0.462 e. The number of ether oxygens (including phenoxy) is 1. The Kier molecular flexibility index (Phi) is 6.34. The van der Waals surface area contributed by atoms with Gasteiger partial charge in [0, 0.05) is 23.4 Å². The molecule has 0 aliphatic rings. The quantitative estimate of drug-likeness (QED) is 0.359. The van der Waals surface area contributed by atoms with Gasteiger partial charge in [0.15, 0.2) is 5.11 Å². The molecule has 8 nitrogen and oxygen atoms in total. The fraction of sp³-hybridized carbons (Fsp3) is 0.118. The monoisotopic (exact) mass is 373 g/mol. The molecule has 0 spiro atoms. The van der Waals surface area contributed by atoms with Crippen molar-refractivity contribution in [3.05, 3.63) is 69.8 Å². The molecule has 0 aliphatic heterocycles. The molecule has 0 fully saturated rings. The van der Waals surface area contributed by atoms with Crippen LogP contribution in [0, 0.1) is 10.1 Å². The summed E-state index contributed by atoms with van der Waals surface area (Å²) in [5.41, 5.74) is 1.10. The van der Waals surface area contributed by atoms with Gasteiger partial charge in [-0.25, -0.2) is 4.79 Å². The fourth-order valence-electron chi connectivity index (χ4n) is 1.98. The Morgan fingerprint density at radius 3 is 2.19 bits per heavy atom. The molecule has 26 heavy (non-hydrogen) atoms. The Morgan fingerprint density at radius 2 is 1.65 bits per heavy atom.